The minimum Gasteiger partial charge on any atom is -0.453 e. The molecule has 4 nitrogen and oxygen atoms in total. The minimum absolute atomic E-state index is 0. The topological polar surface area (TPSA) is 24.9 Å². The third-order valence-corrected chi connectivity index (χ3v) is 9.42. The lowest BCUT2D eigenvalue weighted by Crippen LogP contribution is -2.62. The molecule has 4 aliphatic heterocycles. The number of hydrogen-bond donors (Lipinski definition) is 0. The van der Waals surface area contributed by atoms with Gasteiger partial charge in [0.2, 0.25) is 0 Å². The van der Waals surface area contributed by atoms with E-state index in [2.05, 4.69) is 105 Å². The lowest BCUT2D eigenvalue weighted by molar-refractivity contribution is -0.0824. The van der Waals surface area contributed by atoms with Crippen molar-refractivity contribution < 1.29 is 9.47 Å². The normalized spacial score (nSPS) is 21.7. The summed E-state index contributed by atoms with van der Waals surface area (Å²) in [4.78, 5) is 5.07. The van der Waals surface area contributed by atoms with E-state index in [4.69, 9.17) is 9.47 Å². The largest absolute Gasteiger partial charge is 0.453 e. The molecule has 1 unspecified atom stereocenters. The maximum Gasteiger partial charge on any atom is 0.155 e. The molecule has 3 aromatic carbocycles. The molecule has 0 aromatic heterocycles. The van der Waals surface area contributed by atoms with Crippen LogP contribution in [-0.2, 0) is 0 Å². The van der Waals surface area contributed by atoms with Gasteiger partial charge >= 0.3 is 0 Å². The molecule has 0 saturated carbocycles. The lowest BCUT2D eigenvalue weighted by atomic mass is 9.69. The highest BCUT2D eigenvalue weighted by Gasteiger charge is 2.46. The summed E-state index contributed by atoms with van der Waals surface area (Å²) in [6.07, 6.45) is 6.60. The first-order chi connectivity index (χ1) is 26.1. The molecule has 0 amide bonds. The highest BCUT2D eigenvalue weighted by molar-refractivity contribution is 5.93. The van der Waals surface area contributed by atoms with E-state index in [0.29, 0.717) is 0 Å². The fourth-order valence-electron chi connectivity index (χ4n) is 7.45. The SMILES string of the molecule is C.C.C.CC.CC.CC.CC.CCC.CCC.CCC.C[C@@H]1C[C@H](C)[C@H](C)N2C1[C@@H](C)C[C@@H](C)[C@H]2C.c1ccc2c(c1)Oc1cccc3c1N2c1ccccc1O3. The summed E-state index contributed by atoms with van der Waals surface area (Å²) < 4.78 is 12.0. The van der Waals surface area contributed by atoms with E-state index in [1.807, 2.05) is 110 Å². The number of anilines is 3. The Morgan fingerprint density at radius 1 is 0.439 bits per heavy atom. The quantitative estimate of drug-likeness (QED) is 0.156. The first-order valence-electron chi connectivity index (χ1n) is 22.3. The van der Waals surface area contributed by atoms with Crippen molar-refractivity contribution in [1.29, 1.82) is 0 Å². The van der Waals surface area contributed by atoms with Crippen molar-refractivity contribution in [3.8, 4) is 23.0 Å². The molecule has 7 rings (SSSR count). The van der Waals surface area contributed by atoms with E-state index < -0.39 is 0 Å². The Hall–Kier alpha value is -2.98. The molecule has 4 heteroatoms. The first-order valence-corrected chi connectivity index (χ1v) is 22.3. The summed E-state index contributed by atoms with van der Waals surface area (Å²) in [7, 11) is 0. The maximum atomic E-state index is 6.02. The predicted molar refractivity (Wildman–Crippen MR) is 265 cm³/mol. The summed E-state index contributed by atoms with van der Waals surface area (Å²) >= 11 is 0. The number of para-hydroxylation sites is 5. The number of ether oxygens (including phenoxy) is 2. The van der Waals surface area contributed by atoms with Crippen molar-refractivity contribution in [3.05, 3.63) is 66.7 Å². The van der Waals surface area contributed by atoms with Crippen molar-refractivity contribution in [2.24, 2.45) is 23.7 Å². The van der Waals surface area contributed by atoms with E-state index in [9.17, 15) is 0 Å². The van der Waals surface area contributed by atoms with E-state index in [-0.39, 0.29) is 22.3 Å². The van der Waals surface area contributed by atoms with Crippen LogP contribution in [0.25, 0.3) is 0 Å². The first kappa shape index (κ1) is 63.2. The molecular weight excluding hydrogens is 697 g/mol. The van der Waals surface area contributed by atoms with Crippen LogP contribution < -0.4 is 14.4 Å². The van der Waals surface area contributed by atoms with Crippen LogP contribution >= 0.6 is 0 Å². The van der Waals surface area contributed by atoms with Crippen LogP contribution in [0.15, 0.2) is 66.7 Å². The van der Waals surface area contributed by atoms with E-state index in [0.717, 1.165) is 81.9 Å². The summed E-state index contributed by atoms with van der Waals surface area (Å²) in [6, 6.07) is 24.4. The van der Waals surface area contributed by atoms with Crippen LogP contribution in [-0.4, -0.2) is 23.0 Å². The Balaban J connectivity index is -0.000000224. The molecule has 7 atom stereocenters. The second-order valence-corrected chi connectivity index (χ2v) is 14.0. The molecule has 3 aromatic rings. The molecule has 4 aliphatic rings. The number of hydrogen-bond acceptors (Lipinski definition) is 4. The van der Waals surface area contributed by atoms with Crippen LogP contribution in [0, 0.1) is 23.7 Å². The lowest BCUT2D eigenvalue weighted by Gasteiger charge is -2.57. The zero-order valence-electron chi connectivity index (χ0n) is 39.1. The number of nitrogens with zero attached hydrogens (tertiary/aromatic N) is 2. The highest BCUT2D eigenvalue weighted by Crippen LogP contribution is 2.59. The number of rotatable bonds is 0. The van der Waals surface area contributed by atoms with Gasteiger partial charge in [0.15, 0.2) is 23.0 Å². The van der Waals surface area contributed by atoms with Crippen molar-refractivity contribution in [2.45, 2.75) is 211 Å². The minimum atomic E-state index is 0. The number of benzene rings is 3. The van der Waals surface area contributed by atoms with Gasteiger partial charge in [0.25, 0.3) is 0 Å². The smallest absolute Gasteiger partial charge is 0.155 e. The summed E-state index contributed by atoms with van der Waals surface area (Å²) in [5.74, 6) is 6.86. The molecule has 0 aliphatic carbocycles. The van der Waals surface area contributed by atoms with Gasteiger partial charge in [-0.25, -0.2) is 0 Å². The van der Waals surface area contributed by atoms with Gasteiger partial charge in [-0.2, -0.15) is 0 Å². The van der Waals surface area contributed by atoms with E-state index >= 15 is 0 Å². The summed E-state index contributed by atoms with van der Waals surface area (Å²) in [6.45, 7) is 43.5. The van der Waals surface area contributed by atoms with Gasteiger partial charge < -0.3 is 9.47 Å². The molecule has 2 fully saturated rings. The molecule has 0 spiro atoms. The molecule has 57 heavy (non-hydrogen) atoms. The molecule has 0 radical (unpaired) electrons. The fourth-order valence-corrected chi connectivity index (χ4v) is 7.45. The van der Waals surface area contributed by atoms with Gasteiger partial charge in [-0.15, -0.1) is 0 Å². The van der Waals surface area contributed by atoms with E-state index in [1.165, 1.54) is 32.1 Å². The summed E-state index contributed by atoms with van der Waals surface area (Å²) in [5.41, 5.74) is 3.04. The average molecular weight is 797 g/mol. The van der Waals surface area contributed by atoms with Gasteiger partial charge in [-0.1, -0.05) is 197 Å². The molecule has 0 N–H and O–H groups in total. The number of piperidine rings is 2. The van der Waals surface area contributed by atoms with Crippen LogP contribution in [0.2, 0.25) is 0 Å². The monoisotopic (exact) mass is 797 g/mol. The Morgan fingerprint density at radius 2 is 0.719 bits per heavy atom. The standard InChI is InChI=1S/C18H11NO2.C15H29N.3C3H8.4C2H6.3CH4/c1-3-8-14-12(6-1)19-13-7-2-4-9-15(13)21-17-11-5-10-16(20-14)18(17)19;1-9-7-11(3)15-12(4)8-10(2)14(6)16(15)13(9)5;3*1-3-2;4*1-2;;;/h1-11H;9-15H,7-8H2,1-6H3;3*3H2,1-2H3;4*1-2H3;3*1H4/t;9-,10+,11+,12-,13-,14+,15?;;;;;;;;;;. The van der Waals surface area contributed by atoms with Crippen molar-refractivity contribution in [2.75, 3.05) is 4.90 Å². The van der Waals surface area contributed by atoms with Crippen molar-refractivity contribution in [1.82, 2.24) is 4.90 Å². The average Bonchev–Trinajstić information content (AvgIpc) is 3.19. The van der Waals surface area contributed by atoms with Crippen molar-refractivity contribution in [3.63, 3.8) is 0 Å². The fraction of sp³-hybridized carbons (Fsp3) is 0.660. The highest BCUT2D eigenvalue weighted by atomic mass is 16.5. The Kier molecular flexibility index (Phi) is 40.1. The van der Waals surface area contributed by atoms with Crippen molar-refractivity contribution >= 4 is 17.1 Å². The zero-order chi connectivity index (χ0) is 42.0. The second kappa shape index (κ2) is 36.1. The molecule has 2 saturated heterocycles. The predicted octanol–water partition coefficient (Wildman–Crippen LogP) is 19.4. The zero-order valence-corrected chi connectivity index (χ0v) is 39.1. The summed E-state index contributed by atoms with van der Waals surface area (Å²) in [5, 5.41) is 0. The number of fused-ring (bicyclic) bond motifs is 5. The molecule has 334 valence electrons. The van der Waals surface area contributed by atoms with Gasteiger partial charge in [0.05, 0.1) is 11.4 Å². The van der Waals surface area contributed by atoms with E-state index in [1.54, 1.807) is 0 Å². The third kappa shape index (κ3) is 17.4. The molecular formula is C53H100N2O2. The Morgan fingerprint density at radius 3 is 1.04 bits per heavy atom. The molecule has 4 heterocycles. The maximum absolute atomic E-state index is 6.02. The van der Waals surface area contributed by atoms with Gasteiger partial charge in [-0.3, -0.25) is 9.80 Å². The van der Waals surface area contributed by atoms with Gasteiger partial charge in [-0.05, 0) is 86.8 Å². The van der Waals surface area contributed by atoms with Crippen LogP contribution in [0.5, 0.6) is 23.0 Å². The van der Waals surface area contributed by atoms with Crippen LogP contribution in [0.3, 0.4) is 0 Å². The Bertz CT molecular complexity index is 1240. The second-order valence-electron chi connectivity index (χ2n) is 14.0. The van der Waals surface area contributed by atoms with Crippen LogP contribution in [0.4, 0.5) is 17.1 Å². The Labute approximate surface area is 359 Å². The van der Waals surface area contributed by atoms with Crippen LogP contribution in [0.1, 0.15) is 193 Å². The van der Waals surface area contributed by atoms with Gasteiger partial charge in [0.1, 0.15) is 5.69 Å². The third-order valence-electron chi connectivity index (χ3n) is 9.42. The van der Waals surface area contributed by atoms with Gasteiger partial charge in [0, 0.05) is 18.1 Å². The molecule has 0 bridgehead atoms.